The van der Waals surface area contributed by atoms with E-state index < -0.39 is 57.8 Å². The average Bonchev–Trinajstić information content (AvgIpc) is 3.43. The molecule has 0 aromatic rings. The maximum Gasteiger partial charge on any atom is 0.472 e. The van der Waals surface area contributed by atoms with Crippen molar-refractivity contribution < 1.29 is 52.2 Å². The standard InChI is InChI=1S/C66H121O11P/c1-4-7-10-13-16-19-22-25-28-30-31-33-36-39-42-45-48-51-54-57-66(70)77-63(59-73-64(68)55-52-49-46-43-40-37-35-32-29-26-23-20-17-14-11-8-5-2)61-75-78(71,72)74-60-62(58-67)76-65(69)56-53-50-47-44-41-38-34-27-24-21-18-15-12-9-6-3/h16-17,19-20,25-26,28-29,62-63,67H,4-15,18,21-24,27,30-61H2,1-3H3,(H,71,72)/b19-16-,20-17-,28-25-,29-26-. The largest absolute Gasteiger partial charge is 0.472 e. The number of phosphoric acid groups is 1. The van der Waals surface area contributed by atoms with Gasteiger partial charge in [0.25, 0.3) is 0 Å². The summed E-state index contributed by atoms with van der Waals surface area (Å²) in [7, 11) is -4.75. The van der Waals surface area contributed by atoms with E-state index in [0.29, 0.717) is 19.3 Å². The lowest BCUT2D eigenvalue weighted by Gasteiger charge is -2.21. The van der Waals surface area contributed by atoms with Crippen LogP contribution in [0.3, 0.4) is 0 Å². The van der Waals surface area contributed by atoms with E-state index in [0.717, 1.165) is 83.5 Å². The Hall–Kier alpha value is -2.56. The van der Waals surface area contributed by atoms with Crippen LogP contribution < -0.4 is 0 Å². The monoisotopic (exact) mass is 1120 g/mol. The summed E-state index contributed by atoms with van der Waals surface area (Å²) < 4.78 is 39.7. The molecule has 0 saturated heterocycles. The number of rotatable bonds is 61. The van der Waals surface area contributed by atoms with Crippen molar-refractivity contribution in [3.05, 3.63) is 48.6 Å². The molecule has 3 atom stereocenters. The van der Waals surface area contributed by atoms with Crippen molar-refractivity contribution in [1.29, 1.82) is 0 Å². The van der Waals surface area contributed by atoms with Crippen molar-refractivity contribution in [3.63, 3.8) is 0 Å². The van der Waals surface area contributed by atoms with Crippen LogP contribution in [-0.2, 0) is 42.2 Å². The van der Waals surface area contributed by atoms with Gasteiger partial charge in [0.05, 0.1) is 19.8 Å². The topological polar surface area (TPSA) is 155 Å². The molecule has 0 fully saturated rings. The number of unbranched alkanes of at least 4 members (excludes halogenated alkanes) is 36. The molecule has 0 spiro atoms. The number of aliphatic hydroxyl groups excluding tert-OH is 1. The molecule has 0 aliphatic heterocycles. The molecule has 0 saturated carbocycles. The minimum absolute atomic E-state index is 0.163. The number of allylic oxidation sites excluding steroid dienone is 8. The number of esters is 3. The van der Waals surface area contributed by atoms with Gasteiger partial charge in [-0.05, 0) is 83.5 Å². The van der Waals surface area contributed by atoms with Gasteiger partial charge in [-0.25, -0.2) is 4.57 Å². The molecule has 0 amide bonds. The minimum atomic E-state index is -4.75. The summed E-state index contributed by atoms with van der Waals surface area (Å²) in [6.45, 7) is 4.65. The molecule has 0 bridgehead atoms. The van der Waals surface area contributed by atoms with Crippen LogP contribution in [0.5, 0.6) is 0 Å². The van der Waals surface area contributed by atoms with Crippen molar-refractivity contribution in [2.24, 2.45) is 0 Å². The van der Waals surface area contributed by atoms with Crippen LogP contribution in [0.25, 0.3) is 0 Å². The van der Waals surface area contributed by atoms with Gasteiger partial charge in [-0.2, -0.15) is 0 Å². The van der Waals surface area contributed by atoms with Gasteiger partial charge in [0.1, 0.15) is 12.7 Å². The fourth-order valence-electron chi connectivity index (χ4n) is 9.24. The third-order valence-corrected chi connectivity index (χ3v) is 15.2. The van der Waals surface area contributed by atoms with Gasteiger partial charge in [-0.1, -0.05) is 262 Å². The summed E-state index contributed by atoms with van der Waals surface area (Å²) in [4.78, 5) is 48.8. The van der Waals surface area contributed by atoms with E-state index >= 15 is 0 Å². The van der Waals surface area contributed by atoms with Crippen LogP contribution >= 0.6 is 7.82 Å². The van der Waals surface area contributed by atoms with Crippen molar-refractivity contribution >= 4 is 25.7 Å². The molecule has 11 nitrogen and oxygen atoms in total. The SMILES string of the molecule is CCCCC/C=C\C/C=C\CCCCCCCCCCCC(=O)OC(COC(=O)CCCCCCCCC/C=C\C/C=C\CCCCC)COP(=O)(O)OCC(CO)OC(=O)CCCCCCCCCCCCCCCCC. The molecule has 12 heteroatoms. The highest BCUT2D eigenvalue weighted by Crippen LogP contribution is 2.43. The number of phosphoric ester groups is 1. The summed E-state index contributed by atoms with van der Waals surface area (Å²) in [6, 6.07) is 0. The Morgan fingerprint density at radius 1 is 0.359 bits per heavy atom. The van der Waals surface area contributed by atoms with E-state index in [2.05, 4.69) is 69.4 Å². The fourth-order valence-corrected chi connectivity index (χ4v) is 10.0. The zero-order valence-corrected chi connectivity index (χ0v) is 51.5. The predicted octanol–water partition coefficient (Wildman–Crippen LogP) is 19.7. The summed E-state index contributed by atoms with van der Waals surface area (Å²) in [5, 5.41) is 9.85. The van der Waals surface area contributed by atoms with Crippen LogP contribution in [0, 0.1) is 0 Å². The Kier molecular flexibility index (Phi) is 58.5. The molecule has 0 radical (unpaired) electrons. The Morgan fingerprint density at radius 3 is 0.974 bits per heavy atom. The first-order chi connectivity index (χ1) is 38.2. The van der Waals surface area contributed by atoms with Crippen LogP contribution in [0.4, 0.5) is 0 Å². The molecule has 78 heavy (non-hydrogen) atoms. The second-order valence-corrected chi connectivity index (χ2v) is 23.4. The van der Waals surface area contributed by atoms with Gasteiger partial charge in [0.2, 0.25) is 0 Å². The molecule has 0 heterocycles. The van der Waals surface area contributed by atoms with Gasteiger partial charge in [-0.3, -0.25) is 23.4 Å². The Bertz CT molecular complexity index is 1490. The lowest BCUT2D eigenvalue weighted by Crippen LogP contribution is -2.30. The van der Waals surface area contributed by atoms with Gasteiger partial charge >= 0.3 is 25.7 Å². The maximum absolute atomic E-state index is 13.0. The smallest absolute Gasteiger partial charge is 0.462 e. The van der Waals surface area contributed by atoms with Crippen molar-refractivity contribution in [2.75, 3.05) is 26.4 Å². The summed E-state index contributed by atoms with van der Waals surface area (Å²) >= 11 is 0. The van der Waals surface area contributed by atoms with E-state index in [1.807, 2.05) is 0 Å². The normalized spacial score (nSPS) is 13.6. The Labute approximate surface area is 479 Å². The third-order valence-electron chi connectivity index (χ3n) is 14.2. The van der Waals surface area contributed by atoms with E-state index in [4.69, 9.17) is 23.3 Å². The summed E-state index contributed by atoms with van der Waals surface area (Å²) in [6.07, 6.45) is 66.2. The molecular formula is C66H121O11P. The zero-order chi connectivity index (χ0) is 56.9. The number of aliphatic hydroxyl groups is 1. The van der Waals surface area contributed by atoms with E-state index in [1.54, 1.807) is 0 Å². The molecule has 0 aliphatic rings. The van der Waals surface area contributed by atoms with Crippen molar-refractivity contribution in [1.82, 2.24) is 0 Å². The lowest BCUT2D eigenvalue weighted by molar-refractivity contribution is -0.161. The first-order valence-electron chi connectivity index (χ1n) is 32.5. The zero-order valence-electron chi connectivity index (χ0n) is 50.6. The van der Waals surface area contributed by atoms with Crippen LogP contribution in [0.15, 0.2) is 48.6 Å². The Balaban J connectivity index is 4.69. The second-order valence-electron chi connectivity index (χ2n) is 21.9. The molecule has 0 aliphatic carbocycles. The Morgan fingerprint density at radius 2 is 0.628 bits per heavy atom. The summed E-state index contributed by atoms with van der Waals surface area (Å²) in [5.74, 6) is -1.46. The highest BCUT2D eigenvalue weighted by molar-refractivity contribution is 7.47. The number of carbonyl (C=O) groups excluding carboxylic acids is 3. The molecule has 2 N–H and O–H groups in total. The first kappa shape index (κ1) is 75.4. The fraction of sp³-hybridized carbons (Fsp3) is 0.833. The predicted molar refractivity (Wildman–Crippen MR) is 325 cm³/mol. The van der Waals surface area contributed by atoms with Crippen LogP contribution in [-0.4, -0.2) is 66.5 Å². The number of carbonyl (C=O) groups is 3. The van der Waals surface area contributed by atoms with Gasteiger partial charge in [0.15, 0.2) is 6.10 Å². The van der Waals surface area contributed by atoms with E-state index in [-0.39, 0.29) is 25.9 Å². The highest BCUT2D eigenvalue weighted by Gasteiger charge is 2.28. The lowest BCUT2D eigenvalue weighted by atomic mass is 10.0. The average molecular weight is 1120 g/mol. The highest BCUT2D eigenvalue weighted by atomic mass is 31.2. The van der Waals surface area contributed by atoms with Gasteiger partial charge in [-0.15, -0.1) is 0 Å². The molecule has 0 aromatic carbocycles. The van der Waals surface area contributed by atoms with E-state index in [1.165, 1.54) is 173 Å². The van der Waals surface area contributed by atoms with Crippen molar-refractivity contribution in [2.45, 2.75) is 328 Å². The number of hydrogen-bond acceptors (Lipinski definition) is 10. The molecular weight excluding hydrogens is 1000 g/mol. The first-order valence-corrected chi connectivity index (χ1v) is 34.0. The molecule has 456 valence electrons. The van der Waals surface area contributed by atoms with Gasteiger partial charge in [0, 0.05) is 19.3 Å². The molecule has 0 aromatic heterocycles. The second kappa shape index (κ2) is 60.5. The van der Waals surface area contributed by atoms with Crippen molar-refractivity contribution in [3.8, 4) is 0 Å². The quantitative estimate of drug-likeness (QED) is 0.0197. The maximum atomic E-state index is 13.0. The minimum Gasteiger partial charge on any atom is -0.462 e. The number of hydrogen-bond donors (Lipinski definition) is 2. The third kappa shape index (κ3) is 58.1. The van der Waals surface area contributed by atoms with Crippen LogP contribution in [0.2, 0.25) is 0 Å². The molecule has 0 rings (SSSR count). The summed E-state index contributed by atoms with van der Waals surface area (Å²) in [5.41, 5.74) is 0. The van der Waals surface area contributed by atoms with Crippen LogP contribution in [0.1, 0.15) is 316 Å². The number of ether oxygens (including phenoxy) is 3. The van der Waals surface area contributed by atoms with Gasteiger partial charge < -0.3 is 24.2 Å². The molecule has 3 unspecified atom stereocenters. The van der Waals surface area contributed by atoms with E-state index in [9.17, 15) is 28.9 Å².